The van der Waals surface area contributed by atoms with E-state index in [-0.39, 0.29) is 0 Å². The third kappa shape index (κ3) is 2.00. The van der Waals surface area contributed by atoms with E-state index in [4.69, 9.17) is 9.95 Å². The average molecular weight is 264 g/mol. The monoisotopic (exact) mass is 264 g/mol. The molecule has 98 valence electrons. The maximum atomic E-state index is 8.57. The first-order chi connectivity index (χ1) is 9.69. The van der Waals surface area contributed by atoms with Gasteiger partial charge in [0.1, 0.15) is 5.52 Å². The molecule has 0 atom stereocenters. The van der Waals surface area contributed by atoms with Gasteiger partial charge >= 0.3 is 0 Å². The fourth-order valence-electron chi connectivity index (χ4n) is 2.16. The molecule has 0 radical (unpaired) electrons. The second-order valence-electron chi connectivity index (χ2n) is 4.63. The Bertz CT molecular complexity index is 844. The molecule has 0 aliphatic carbocycles. The molecule has 1 heterocycles. The lowest BCUT2D eigenvalue weighted by atomic mass is 10.1. The van der Waals surface area contributed by atoms with E-state index in [2.05, 4.69) is 15.0 Å². The van der Waals surface area contributed by atoms with Gasteiger partial charge in [0, 0.05) is 16.2 Å². The van der Waals surface area contributed by atoms with Crippen LogP contribution < -0.4 is 0 Å². The summed E-state index contributed by atoms with van der Waals surface area (Å²) in [6.45, 7) is 3.90. The van der Waals surface area contributed by atoms with E-state index in [0.717, 1.165) is 27.8 Å². The first-order valence-electron chi connectivity index (χ1n) is 6.21. The number of aryl methyl sites for hydroxylation is 1. The summed E-state index contributed by atoms with van der Waals surface area (Å²) in [5.74, 6) is 0.540. The van der Waals surface area contributed by atoms with Crippen LogP contribution in [-0.2, 0) is 0 Å². The summed E-state index contributed by atoms with van der Waals surface area (Å²) in [4.78, 5) is 7.33. The molecule has 0 aliphatic rings. The van der Waals surface area contributed by atoms with Crippen LogP contribution in [0.2, 0.25) is 0 Å². The van der Waals surface area contributed by atoms with Gasteiger partial charge in [0.2, 0.25) is 5.89 Å². The Labute approximate surface area is 115 Å². The van der Waals surface area contributed by atoms with Gasteiger partial charge in [-0.1, -0.05) is 23.3 Å². The number of hydrogen-bond donors (Lipinski definition) is 0. The van der Waals surface area contributed by atoms with Crippen molar-refractivity contribution in [2.75, 3.05) is 0 Å². The fraction of sp³-hybridized carbons (Fsp3) is 0.133. The Morgan fingerprint density at radius 1 is 1.20 bits per heavy atom. The van der Waals surface area contributed by atoms with Crippen molar-refractivity contribution >= 4 is 16.8 Å². The maximum absolute atomic E-state index is 8.57. The number of nitrogens with zero attached hydrogens (tertiary/aromatic N) is 4. The molecule has 0 unspecified atom stereocenters. The molecule has 0 saturated carbocycles. The molecule has 1 aromatic heterocycles. The van der Waals surface area contributed by atoms with Crippen molar-refractivity contribution < 1.29 is 4.42 Å². The highest BCUT2D eigenvalue weighted by atomic mass is 16.3. The third-order valence-corrected chi connectivity index (χ3v) is 3.23. The van der Waals surface area contributed by atoms with Gasteiger partial charge in [-0.2, -0.15) is 0 Å². The Morgan fingerprint density at radius 2 is 2.05 bits per heavy atom. The van der Waals surface area contributed by atoms with Gasteiger partial charge in [-0.3, -0.25) is 0 Å². The third-order valence-electron chi connectivity index (χ3n) is 3.23. The molecule has 3 rings (SSSR count). The molecule has 0 aliphatic heterocycles. The second-order valence-corrected chi connectivity index (χ2v) is 4.63. The van der Waals surface area contributed by atoms with E-state index in [1.165, 1.54) is 0 Å². The molecule has 0 N–H and O–H groups in total. The number of fused-ring (bicyclic) bond motifs is 1. The molecular formula is C15H12N4O. The fourth-order valence-corrected chi connectivity index (χ4v) is 2.16. The number of aromatic nitrogens is 1. The van der Waals surface area contributed by atoms with E-state index in [0.29, 0.717) is 11.6 Å². The van der Waals surface area contributed by atoms with Crippen molar-refractivity contribution in [3.63, 3.8) is 0 Å². The lowest BCUT2D eigenvalue weighted by Crippen LogP contribution is -1.83. The van der Waals surface area contributed by atoms with Crippen molar-refractivity contribution in [1.29, 1.82) is 0 Å². The summed E-state index contributed by atoms with van der Waals surface area (Å²) >= 11 is 0. The van der Waals surface area contributed by atoms with Gasteiger partial charge in [0.25, 0.3) is 0 Å². The largest absolute Gasteiger partial charge is 0.436 e. The number of oxazole rings is 1. The number of benzene rings is 2. The van der Waals surface area contributed by atoms with Gasteiger partial charge in [-0.25, -0.2) is 4.98 Å². The minimum atomic E-state index is 0.540. The average Bonchev–Trinajstić information content (AvgIpc) is 2.84. The summed E-state index contributed by atoms with van der Waals surface area (Å²) in [7, 11) is 0. The molecule has 0 amide bonds. The predicted molar refractivity (Wildman–Crippen MR) is 77.7 cm³/mol. The molecule has 2 aromatic carbocycles. The van der Waals surface area contributed by atoms with Crippen molar-refractivity contribution in [2.45, 2.75) is 13.8 Å². The van der Waals surface area contributed by atoms with Crippen molar-refractivity contribution in [1.82, 2.24) is 4.98 Å². The molecule has 3 aromatic rings. The Morgan fingerprint density at radius 3 is 2.85 bits per heavy atom. The zero-order chi connectivity index (χ0) is 14.1. The number of hydrogen-bond acceptors (Lipinski definition) is 3. The molecule has 5 heteroatoms. The predicted octanol–water partition coefficient (Wildman–Crippen LogP) is 5.05. The summed E-state index contributed by atoms with van der Waals surface area (Å²) < 4.78 is 5.78. The minimum Gasteiger partial charge on any atom is -0.436 e. The molecule has 0 fully saturated rings. The van der Waals surface area contributed by atoms with Gasteiger partial charge in [0.05, 0.1) is 0 Å². The highest BCUT2D eigenvalue weighted by Crippen LogP contribution is 2.31. The van der Waals surface area contributed by atoms with E-state index in [1.807, 2.05) is 44.2 Å². The van der Waals surface area contributed by atoms with Crippen LogP contribution in [0, 0.1) is 13.8 Å². The molecule has 0 saturated heterocycles. The number of azide groups is 1. The lowest BCUT2D eigenvalue weighted by Gasteiger charge is -2.03. The second kappa shape index (κ2) is 4.72. The van der Waals surface area contributed by atoms with Crippen LogP contribution in [0.15, 0.2) is 45.9 Å². The number of rotatable bonds is 2. The molecular weight excluding hydrogens is 252 g/mol. The highest BCUT2D eigenvalue weighted by molar-refractivity contribution is 5.78. The molecule has 20 heavy (non-hydrogen) atoms. The van der Waals surface area contributed by atoms with Gasteiger partial charge < -0.3 is 4.42 Å². The molecule has 0 spiro atoms. The molecule has 0 bridgehead atoms. The Balaban J connectivity index is 2.20. The maximum Gasteiger partial charge on any atom is 0.227 e. The summed E-state index contributed by atoms with van der Waals surface area (Å²) in [6.07, 6.45) is 0. The Kier molecular flexibility index (Phi) is 2.89. The van der Waals surface area contributed by atoms with Crippen molar-refractivity contribution in [2.24, 2.45) is 5.11 Å². The summed E-state index contributed by atoms with van der Waals surface area (Å²) in [5, 5.41) is 3.67. The topological polar surface area (TPSA) is 74.8 Å². The van der Waals surface area contributed by atoms with Crippen LogP contribution in [0.25, 0.3) is 33.0 Å². The normalized spacial score (nSPS) is 10.5. The SMILES string of the molecule is Cc1ccc2oc(-c3cccc(N=[N+]=[N-])c3C)nc2c1. The highest BCUT2D eigenvalue weighted by Gasteiger charge is 2.12. The van der Waals surface area contributed by atoms with E-state index >= 15 is 0 Å². The summed E-state index contributed by atoms with van der Waals surface area (Å²) in [6, 6.07) is 11.4. The van der Waals surface area contributed by atoms with Gasteiger partial charge in [-0.15, -0.1) is 0 Å². The zero-order valence-electron chi connectivity index (χ0n) is 11.2. The smallest absolute Gasteiger partial charge is 0.227 e. The van der Waals surface area contributed by atoms with Crippen LogP contribution in [0.1, 0.15) is 11.1 Å². The van der Waals surface area contributed by atoms with Crippen molar-refractivity contribution in [3.8, 4) is 11.5 Å². The first-order valence-corrected chi connectivity index (χ1v) is 6.21. The van der Waals surface area contributed by atoms with Crippen LogP contribution >= 0.6 is 0 Å². The molecule has 5 nitrogen and oxygen atoms in total. The van der Waals surface area contributed by atoms with Crippen LogP contribution in [0.5, 0.6) is 0 Å². The zero-order valence-corrected chi connectivity index (χ0v) is 11.2. The quantitative estimate of drug-likeness (QED) is 0.369. The standard InChI is InChI=1S/C15H12N4O/c1-9-6-7-14-13(8-9)17-15(20-14)11-4-3-5-12(10(11)2)18-19-16/h3-8H,1-2H3. The van der Waals surface area contributed by atoms with E-state index < -0.39 is 0 Å². The van der Waals surface area contributed by atoms with Gasteiger partial charge in [0.15, 0.2) is 5.58 Å². The summed E-state index contributed by atoms with van der Waals surface area (Å²) in [5.41, 5.74) is 13.6. The van der Waals surface area contributed by atoms with Crippen LogP contribution in [0.3, 0.4) is 0 Å². The van der Waals surface area contributed by atoms with Crippen LogP contribution in [0.4, 0.5) is 5.69 Å². The lowest BCUT2D eigenvalue weighted by molar-refractivity contribution is 0.619. The van der Waals surface area contributed by atoms with E-state index in [9.17, 15) is 0 Å². The van der Waals surface area contributed by atoms with Crippen LogP contribution in [-0.4, -0.2) is 4.98 Å². The Hall–Kier alpha value is -2.78. The van der Waals surface area contributed by atoms with Gasteiger partial charge in [-0.05, 0) is 48.7 Å². The minimum absolute atomic E-state index is 0.540. The van der Waals surface area contributed by atoms with Crippen molar-refractivity contribution in [3.05, 3.63) is 58.0 Å². The van der Waals surface area contributed by atoms with E-state index in [1.54, 1.807) is 6.07 Å². The first kappa shape index (κ1) is 12.3.